The third-order valence-corrected chi connectivity index (χ3v) is 1.28. The molecule has 2 N–H and O–H groups in total. The molecule has 0 heterocycles. The summed E-state index contributed by atoms with van der Waals surface area (Å²) in [5.41, 5.74) is 0. The maximum atomic E-state index is 10.3. The second-order valence-corrected chi connectivity index (χ2v) is 2.73. The van der Waals surface area contributed by atoms with Crippen LogP contribution in [0.4, 0.5) is 0 Å². The SMILES string of the molecule is C=CC(=O)OCCCC.O=C(O)/C=C\C(=O)O. The number of carboxylic acid groups (broad SMARTS) is 2. The maximum Gasteiger partial charge on any atom is 0.330 e. The Hall–Kier alpha value is -2.11. The first-order chi connectivity index (χ1) is 7.93. The molecule has 0 atom stereocenters. The van der Waals surface area contributed by atoms with Crippen molar-refractivity contribution in [2.45, 2.75) is 19.8 Å². The molecule has 0 amide bonds. The highest BCUT2D eigenvalue weighted by Crippen LogP contribution is 1.88. The van der Waals surface area contributed by atoms with Gasteiger partial charge in [-0.2, -0.15) is 0 Å². The fourth-order valence-corrected chi connectivity index (χ4v) is 0.519. The molecule has 0 bridgehead atoms. The van der Waals surface area contributed by atoms with Crippen LogP contribution in [0.25, 0.3) is 0 Å². The van der Waals surface area contributed by atoms with Gasteiger partial charge in [0.25, 0.3) is 0 Å². The summed E-state index contributed by atoms with van der Waals surface area (Å²) in [6, 6.07) is 0. The largest absolute Gasteiger partial charge is 0.478 e. The smallest absolute Gasteiger partial charge is 0.330 e. The van der Waals surface area contributed by atoms with E-state index < -0.39 is 11.9 Å². The molecule has 0 aliphatic heterocycles. The first-order valence-corrected chi connectivity index (χ1v) is 4.87. The van der Waals surface area contributed by atoms with Gasteiger partial charge in [0, 0.05) is 18.2 Å². The molecule has 0 aliphatic rings. The number of aliphatic carboxylic acids is 2. The highest BCUT2D eigenvalue weighted by atomic mass is 16.5. The number of ether oxygens (including phenoxy) is 1. The Morgan fingerprint density at radius 1 is 1.18 bits per heavy atom. The molecule has 0 unspecified atom stereocenters. The van der Waals surface area contributed by atoms with Crippen LogP contribution in [0, 0.1) is 0 Å². The van der Waals surface area contributed by atoms with Crippen LogP contribution in [-0.4, -0.2) is 34.7 Å². The molecule has 6 heteroatoms. The highest BCUT2D eigenvalue weighted by Gasteiger charge is 1.91. The minimum Gasteiger partial charge on any atom is -0.478 e. The molecule has 0 aliphatic carbocycles. The van der Waals surface area contributed by atoms with Gasteiger partial charge in [-0.25, -0.2) is 14.4 Å². The fourth-order valence-electron chi connectivity index (χ4n) is 0.519. The molecule has 0 radical (unpaired) electrons. The van der Waals surface area contributed by atoms with Crippen molar-refractivity contribution in [1.29, 1.82) is 0 Å². The first-order valence-electron chi connectivity index (χ1n) is 4.87. The van der Waals surface area contributed by atoms with Gasteiger partial charge < -0.3 is 14.9 Å². The second-order valence-electron chi connectivity index (χ2n) is 2.73. The summed E-state index contributed by atoms with van der Waals surface area (Å²) in [6.45, 7) is 5.82. The number of esters is 1. The Balaban J connectivity index is 0. The van der Waals surface area contributed by atoms with Crippen molar-refractivity contribution in [2.24, 2.45) is 0 Å². The summed E-state index contributed by atoms with van der Waals surface area (Å²) >= 11 is 0. The van der Waals surface area contributed by atoms with E-state index in [0.29, 0.717) is 18.8 Å². The van der Waals surface area contributed by atoms with E-state index in [-0.39, 0.29) is 5.97 Å². The lowest BCUT2D eigenvalue weighted by Gasteiger charge is -1.97. The number of hydrogen-bond donors (Lipinski definition) is 2. The van der Waals surface area contributed by atoms with E-state index in [1.807, 2.05) is 6.92 Å². The van der Waals surface area contributed by atoms with Crippen LogP contribution in [0.1, 0.15) is 19.8 Å². The molecule has 17 heavy (non-hydrogen) atoms. The van der Waals surface area contributed by atoms with Gasteiger partial charge in [-0.1, -0.05) is 19.9 Å². The zero-order valence-electron chi connectivity index (χ0n) is 9.59. The van der Waals surface area contributed by atoms with Crippen LogP contribution >= 0.6 is 0 Å². The standard InChI is InChI=1S/C7H12O2.C4H4O4/c1-3-5-6-9-7(8)4-2;5-3(6)1-2-4(7)8/h4H,2-3,5-6H2,1H3;1-2H,(H,5,6)(H,7,8)/b;2-1-. The lowest BCUT2D eigenvalue weighted by Crippen LogP contribution is -2.00. The number of carbonyl (C=O) groups excluding carboxylic acids is 1. The van der Waals surface area contributed by atoms with E-state index in [0.717, 1.165) is 12.8 Å². The van der Waals surface area contributed by atoms with Crippen molar-refractivity contribution in [1.82, 2.24) is 0 Å². The molecule has 0 saturated heterocycles. The van der Waals surface area contributed by atoms with E-state index in [4.69, 9.17) is 10.2 Å². The fraction of sp³-hybridized carbons (Fsp3) is 0.364. The Kier molecular flexibility index (Phi) is 12.2. The van der Waals surface area contributed by atoms with Crippen LogP contribution in [0.15, 0.2) is 24.8 Å². The first kappa shape index (κ1) is 17.3. The Labute approximate surface area is 99.2 Å². The van der Waals surface area contributed by atoms with Crippen molar-refractivity contribution in [2.75, 3.05) is 6.61 Å². The minimum absolute atomic E-state index is 0.330. The summed E-state index contributed by atoms with van der Waals surface area (Å²) in [5.74, 6) is -2.84. The minimum atomic E-state index is -1.26. The zero-order valence-corrected chi connectivity index (χ0v) is 9.59. The number of carboxylic acids is 2. The van der Waals surface area contributed by atoms with Gasteiger partial charge in [-0.15, -0.1) is 0 Å². The quantitative estimate of drug-likeness (QED) is 0.414. The maximum absolute atomic E-state index is 10.3. The normalized spacial score (nSPS) is 9.00. The van der Waals surface area contributed by atoms with E-state index in [1.165, 1.54) is 6.08 Å². The zero-order chi connectivity index (χ0) is 13.7. The lowest BCUT2D eigenvalue weighted by molar-refractivity contribution is -0.138. The van der Waals surface area contributed by atoms with Gasteiger partial charge in [0.15, 0.2) is 0 Å². The molecule has 0 rings (SSSR count). The van der Waals surface area contributed by atoms with Crippen LogP contribution < -0.4 is 0 Å². The number of unbranched alkanes of at least 4 members (excludes halogenated alkanes) is 1. The van der Waals surface area contributed by atoms with E-state index in [9.17, 15) is 14.4 Å². The molecular weight excluding hydrogens is 228 g/mol. The van der Waals surface area contributed by atoms with Gasteiger partial charge in [0.05, 0.1) is 6.61 Å². The number of hydrogen-bond acceptors (Lipinski definition) is 4. The summed E-state index contributed by atoms with van der Waals surface area (Å²) in [7, 11) is 0. The van der Waals surface area contributed by atoms with Crippen molar-refractivity contribution >= 4 is 17.9 Å². The van der Waals surface area contributed by atoms with Crippen molar-refractivity contribution in [3.63, 3.8) is 0 Å². The van der Waals surface area contributed by atoms with Gasteiger partial charge in [0.2, 0.25) is 0 Å². The summed E-state index contributed by atoms with van der Waals surface area (Å²) in [4.78, 5) is 29.5. The average Bonchev–Trinajstić information content (AvgIpc) is 2.27. The van der Waals surface area contributed by atoms with E-state index >= 15 is 0 Å². The predicted molar refractivity (Wildman–Crippen MR) is 60.5 cm³/mol. The molecule has 0 aromatic rings. The van der Waals surface area contributed by atoms with Crippen molar-refractivity contribution in [3.8, 4) is 0 Å². The molecule has 0 saturated carbocycles. The second kappa shape index (κ2) is 12.0. The molecule has 0 spiro atoms. The van der Waals surface area contributed by atoms with Crippen LogP contribution in [0.3, 0.4) is 0 Å². The van der Waals surface area contributed by atoms with Gasteiger partial charge >= 0.3 is 17.9 Å². The molecule has 0 fully saturated rings. The summed E-state index contributed by atoms with van der Waals surface area (Å²) in [6.07, 6.45) is 4.27. The van der Waals surface area contributed by atoms with Gasteiger partial charge in [0.1, 0.15) is 0 Å². The molecular formula is C11H16O6. The lowest BCUT2D eigenvalue weighted by atomic mass is 10.4. The van der Waals surface area contributed by atoms with Crippen molar-refractivity contribution < 1.29 is 29.3 Å². The topological polar surface area (TPSA) is 101 Å². The monoisotopic (exact) mass is 244 g/mol. The van der Waals surface area contributed by atoms with Gasteiger partial charge in [-0.3, -0.25) is 0 Å². The van der Waals surface area contributed by atoms with E-state index in [2.05, 4.69) is 11.3 Å². The molecule has 0 aromatic heterocycles. The van der Waals surface area contributed by atoms with Crippen LogP contribution in [0.2, 0.25) is 0 Å². The Bertz CT molecular complexity index is 276. The summed E-state index contributed by atoms with van der Waals surface area (Å²) < 4.78 is 4.67. The van der Waals surface area contributed by atoms with Gasteiger partial charge in [-0.05, 0) is 6.42 Å². The van der Waals surface area contributed by atoms with Crippen LogP contribution in [-0.2, 0) is 19.1 Å². The molecule has 6 nitrogen and oxygen atoms in total. The van der Waals surface area contributed by atoms with E-state index in [1.54, 1.807) is 0 Å². The number of rotatable bonds is 6. The third kappa shape index (κ3) is 20.1. The highest BCUT2D eigenvalue weighted by molar-refractivity contribution is 5.89. The Morgan fingerprint density at radius 3 is 1.94 bits per heavy atom. The predicted octanol–water partition coefficient (Wildman–Crippen LogP) is 1.23. The average molecular weight is 244 g/mol. The third-order valence-electron chi connectivity index (χ3n) is 1.28. The molecule has 96 valence electrons. The molecule has 0 aromatic carbocycles. The van der Waals surface area contributed by atoms with Crippen molar-refractivity contribution in [3.05, 3.63) is 24.8 Å². The number of carbonyl (C=O) groups is 3. The summed E-state index contributed by atoms with van der Waals surface area (Å²) in [5, 5.41) is 15.6. The Morgan fingerprint density at radius 2 is 1.65 bits per heavy atom. The van der Waals surface area contributed by atoms with Crippen LogP contribution in [0.5, 0.6) is 0 Å².